The molecule has 0 radical (unpaired) electrons. The van der Waals surface area contributed by atoms with Crippen LogP contribution in [0.5, 0.6) is 0 Å². The Kier molecular flexibility index (Phi) is 4.74. The molecule has 4 aliphatic carbocycles. The highest BCUT2D eigenvalue weighted by Gasteiger charge is 2.54. The van der Waals surface area contributed by atoms with E-state index in [0.717, 1.165) is 40.9 Å². The average Bonchev–Trinajstić information content (AvgIpc) is 3.32. The SMILES string of the molecule is Cc1nn(-c2ccc(Cl)cc2)c2sc(C(=O)OCC(=O)C34CC5CC(CC(C5)C3)C4)cc12. The van der Waals surface area contributed by atoms with Crippen LogP contribution in [0.2, 0.25) is 5.02 Å². The second kappa shape index (κ2) is 7.42. The molecule has 0 unspecified atom stereocenters. The molecule has 4 saturated carbocycles. The number of hydrogen-bond donors (Lipinski definition) is 0. The number of carbonyl (C=O) groups is 2. The van der Waals surface area contributed by atoms with Crippen LogP contribution in [0.25, 0.3) is 15.9 Å². The lowest BCUT2D eigenvalue weighted by atomic mass is 9.48. The minimum atomic E-state index is -0.425. The molecule has 32 heavy (non-hydrogen) atoms. The number of aryl methyl sites for hydroxylation is 1. The molecular weight excluding hydrogens is 444 g/mol. The molecule has 4 aliphatic rings. The molecule has 7 rings (SSSR count). The first kappa shape index (κ1) is 20.4. The minimum Gasteiger partial charge on any atom is -0.453 e. The molecule has 0 spiro atoms. The van der Waals surface area contributed by atoms with Gasteiger partial charge in [0.25, 0.3) is 0 Å². The largest absolute Gasteiger partial charge is 0.453 e. The number of rotatable bonds is 5. The van der Waals surface area contributed by atoms with Crippen molar-refractivity contribution < 1.29 is 14.3 Å². The van der Waals surface area contributed by atoms with Gasteiger partial charge in [0.2, 0.25) is 0 Å². The zero-order valence-corrected chi connectivity index (χ0v) is 19.5. The monoisotopic (exact) mass is 468 g/mol. The maximum Gasteiger partial charge on any atom is 0.348 e. The molecular formula is C25H25ClN2O3S. The summed E-state index contributed by atoms with van der Waals surface area (Å²) in [6.07, 6.45) is 6.85. The highest BCUT2D eigenvalue weighted by atomic mass is 35.5. The molecule has 0 saturated heterocycles. The molecule has 4 fully saturated rings. The Labute approximate surface area is 195 Å². The number of carbonyl (C=O) groups excluding carboxylic acids is 2. The lowest BCUT2D eigenvalue weighted by Gasteiger charge is -2.55. The van der Waals surface area contributed by atoms with Crippen LogP contribution in [0.3, 0.4) is 0 Å². The Morgan fingerprint density at radius 2 is 1.75 bits per heavy atom. The number of nitrogens with zero attached hydrogens (tertiary/aromatic N) is 2. The predicted octanol–water partition coefficient (Wildman–Crippen LogP) is 5.99. The number of fused-ring (bicyclic) bond motifs is 1. The van der Waals surface area contributed by atoms with Gasteiger partial charge in [0.15, 0.2) is 12.4 Å². The Bertz CT molecular complexity index is 1190. The third-order valence-corrected chi connectivity index (χ3v) is 9.12. The van der Waals surface area contributed by atoms with Gasteiger partial charge in [-0.1, -0.05) is 11.6 Å². The number of Topliss-reactive ketones (excluding diaryl/α,β-unsaturated/α-hetero) is 1. The van der Waals surface area contributed by atoms with Gasteiger partial charge < -0.3 is 4.74 Å². The van der Waals surface area contributed by atoms with Gasteiger partial charge >= 0.3 is 5.97 Å². The van der Waals surface area contributed by atoms with E-state index >= 15 is 0 Å². The van der Waals surface area contributed by atoms with Crippen molar-refractivity contribution in [3.8, 4) is 5.69 Å². The highest BCUT2D eigenvalue weighted by Crippen LogP contribution is 2.60. The number of halogens is 1. The van der Waals surface area contributed by atoms with E-state index in [1.54, 1.807) is 0 Å². The average molecular weight is 469 g/mol. The molecule has 0 aliphatic heterocycles. The first-order valence-corrected chi connectivity index (χ1v) is 12.6. The van der Waals surface area contributed by atoms with Gasteiger partial charge in [-0.05, 0) is 93.5 Å². The van der Waals surface area contributed by atoms with E-state index in [9.17, 15) is 9.59 Å². The van der Waals surface area contributed by atoms with Crippen molar-refractivity contribution in [3.63, 3.8) is 0 Å². The van der Waals surface area contributed by atoms with Gasteiger partial charge in [-0.2, -0.15) is 5.10 Å². The summed E-state index contributed by atoms with van der Waals surface area (Å²) in [4.78, 5) is 27.4. The Morgan fingerprint density at radius 3 is 2.38 bits per heavy atom. The summed E-state index contributed by atoms with van der Waals surface area (Å²) in [7, 11) is 0. The number of hydrogen-bond acceptors (Lipinski definition) is 5. The van der Waals surface area contributed by atoms with Crippen molar-refractivity contribution in [3.05, 3.63) is 45.9 Å². The predicted molar refractivity (Wildman–Crippen MR) is 125 cm³/mol. The first-order valence-electron chi connectivity index (χ1n) is 11.4. The van der Waals surface area contributed by atoms with Crippen molar-refractivity contribution in [2.45, 2.75) is 45.4 Å². The molecule has 0 N–H and O–H groups in total. The minimum absolute atomic E-state index is 0.110. The summed E-state index contributed by atoms with van der Waals surface area (Å²) in [5.74, 6) is 1.80. The van der Waals surface area contributed by atoms with Crippen molar-refractivity contribution in [2.24, 2.45) is 23.2 Å². The van der Waals surface area contributed by atoms with Crippen molar-refractivity contribution in [2.75, 3.05) is 6.61 Å². The van der Waals surface area contributed by atoms with Crippen LogP contribution in [0.4, 0.5) is 0 Å². The molecule has 0 atom stereocenters. The number of ketones is 1. The standard InChI is InChI=1S/C25H25ClN2O3S/c1-14-20-9-21(32-23(20)28(27-14)19-4-2-18(26)3-5-19)24(30)31-13-22(29)25-10-15-6-16(11-25)8-17(7-15)12-25/h2-5,9,15-17H,6-8,10-13H2,1H3. The third kappa shape index (κ3) is 3.30. The summed E-state index contributed by atoms with van der Waals surface area (Å²) in [5.41, 5.74) is 1.49. The van der Waals surface area contributed by atoms with Crippen LogP contribution in [0.15, 0.2) is 30.3 Å². The fraction of sp³-hybridized carbons (Fsp3) is 0.480. The van der Waals surface area contributed by atoms with E-state index in [-0.39, 0.29) is 17.8 Å². The van der Waals surface area contributed by atoms with Gasteiger partial charge in [0.05, 0.1) is 11.4 Å². The summed E-state index contributed by atoms with van der Waals surface area (Å²) >= 11 is 7.36. The number of ether oxygens (including phenoxy) is 1. The number of benzene rings is 1. The highest BCUT2D eigenvalue weighted by molar-refractivity contribution is 7.20. The maximum atomic E-state index is 13.2. The first-order chi connectivity index (χ1) is 15.4. The molecule has 7 heteroatoms. The second-order valence-corrected chi connectivity index (χ2v) is 11.5. The summed E-state index contributed by atoms with van der Waals surface area (Å²) in [5, 5.41) is 6.19. The Hall–Kier alpha value is -2.18. The molecule has 166 valence electrons. The zero-order chi connectivity index (χ0) is 22.0. The van der Waals surface area contributed by atoms with E-state index in [0.29, 0.717) is 27.7 Å². The fourth-order valence-electron chi connectivity index (χ4n) is 6.71. The van der Waals surface area contributed by atoms with Crippen LogP contribution >= 0.6 is 22.9 Å². The second-order valence-electron chi connectivity index (χ2n) is 10.0. The maximum absolute atomic E-state index is 13.2. The molecule has 0 amide bonds. The van der Waals surface area contributed by atoms with E-state index in [1.165, 1.54) is 30.6 Å². The molecule has 2 heterocycles. The molecule has 3 aromatic rings. The molecule has 5 nitrogen and oxygen atoms in total. The van der Waals surface area contributed by atoms with Gasteiger partial charge in [-0.25, -0.2) is 9.48 Å². The quantitative estimate of drug-likeness (QED) is 0.431. The van der Waals surface area contributed by atoms with Gasteiger partial charge in [-0.15, -0.1) is 11.3 Å². The van der Waals surface area contributed by atoms with Crippen LogP contribution in [-0.2, 0) is 9.53 Å². The third-order valence-electron chi connectivity index (χ3n) is 7.78. The molecule has 4 bridgehead atoms. The van der Waals surface area contributed by atoms with Crippen LogP contribution in [0.1, 0.15) is 53.9 Å². The van der Waals surface area contributed by atoms with E-state index in [2.05, 4.69) is 5.10 Å². The Morgan fingerprint density at radius 1 is 1.12 bits per heavy atom. The van der Waals surface area contributed by atoms with Crippen LogP contribution in [-0.4, -0.2) is 28.1 Å². The number of esters is 1. The summed E-state index contributed by atoms with van der Waals surface area (Å²) in [6, 6.07) is 9.26. The zero-order valence-electron chi connectivity index (χ0n) is 18.0. The van der Waals surface area contributed by atoms with Crippen molar-refractivity contribution >= 4 is 44.9 Å². The van der Waals surface area contributed by atoms with Gasteiger partial charge in [0, 0.05) is 15.8 Å². The van der Waals surface area contributed by atoms with Crippen molar-refractivity contribution in [1.82, 2.24) is 9.78 Å². The number of aromatic nitrogens is 2. The van der Waals surface area contributed by atoms with E-state index in [4.69, 9.17) is 16.3 Å². The number of thiophene rings is 1. The lowest BCUT2D eigenvalue weighted by molar-refractivity contribution is -0.147. The topological polar surface area (TPSA) is 61.2 Å². The van der Waals surface area contributed by atoms with Crippen molar-refractivity contribution in [1.29, 1.82) is 0 Å². The molecule has 2 aromatic heterocycles. The van der Waals surface area contributed by atoms with Crippen LogP contribution in [0, 0.1) is 30.1 Å². The normalized spacial score (nSPS) is 28.4. The summed E-state index contributed by atoms with van der Waals surface area (Å²) < 4.78 is 7.38. The van der Waals surface area contributed by atoms with E-state index in [1.807, 2.05) is 41.9 Å². The summed E-state index contributed by atoms with van der Waals surface area (Å²) in [6.45, 7) is 1.81. The van der Waals surface area contributed by atoms with Gasteiger partial charge in [-0.3, -0.25) is 4.79 Å². The van der Waals surface area contributed by atoms with Gasteiger partial charge in [0.1, 0.15) is 9.71 Å². The smallest absolute Gasteiger partial charge is 0.348 e. The van der Waals surface area contributed by atoms with E-state index < -0.39 is 5.97 Å². The Balaban J connectivity index is 1.19. The lowest BCUT2D eigenvalue weighted by Crippen LogP contribution is -2.51. The fourth-order valence-corrected chi connectivity index (χ4v) is 7.92. The molecule has 1 aromatic carbocycles. The van der Waals surface area contributed by atoms with Crippen LogP contribution < -0.4 is 0 Å².